The molecule has 10 heavy (non-hydrogen) atoms. The monoisotopic (exact) mass is 194 g/mol. The topological polar surface area (TPSA) is 0 Å². The Kier molecular flexibility index (Phi) is 8.52. The maximum atomic E-state index is 2.23. The summed E-state index contributed by atoms with van der Waals surface area (Å²) in [4.78, 5) is 0. The Morgan fingerprint density at radius 3 is 2.60 bits per heavy atom. The molecule has 0 fully saturated rings. The van der Waals surface area contributed by atoms with E-state index >= 15 is 0 Å². The van der Waals surface area contributed by atoms with Crippen molar-refractivity contribution >= 4 is 31.4 Å². The first kappa shape index (κ1) is 10.8. The van der Waals surface area contributed by atoms with Crippen molar-refractivity contribution in [3.8, 4) is 0 Å². The van der Waals surface area contributed by atoms with Gasteiger partial charge in [-0.3, -0.25) is 0 Å². The zero-order chi connectivity index (χ0) is 7.82. The fourth-order valence-corrected chi connectivity index (χ4v) is 3.57. The predicted octanol–water partition coefficient (Wildman–Crippen LogP) is 4.35. The van der Waals surface area contributed by atoms with E-state index in [1.54, 1.807) is 0 Å². The smallest absolute Gasteiger partial charge is 0.00168 e. The number of hydrogen-bond donors (Lipinski definition) is 0. The average molecular weight is 194 g/mol. The van der Waals surface area contributed by atoms with E-state index in [0.717, 1.165) is 0 Å². The Labute approximate surface area is 75.4 Å². The summed E-state index contributed by atoms with van der Waals surface area (Å²) >= 11 is 0. The van der Waals surface area contributed by atoms with Gasteiger partial charge in [0.15, 0.2) is 0 Å². The molecule has 0 aromatic carbocycles. The summed E-state index contributed by atoms with van der Waals surface area (Å²) in [6.45, 7) is 6.53. The first-order chi connectivity index (χ1) is 4.81. The van der Waals surface area contributed by atoms with Gasteiger partial charge in [0.05, 0.1) is 0 Å². The van der Waals surface area contributed by atoms with Gasteiger partial charge in [-0.05, 0) is 28.6 Å². The van der Waals surface area contributed by atoms with Gasteiger partial charge in [0, 0.05) is 5.75 Å². The molecule has 0 heterocycles. The summed E-state index contributed by atoms with van der Waals surface area (Å²) in [5.41, 5.74) is 1.47. The molecular formula is C7H14S3. The summed E-state index contributed by atoms with van der Waals surface area (Å²) in [6.07, 6.45) is 1.17. The first-order valence-electron chi connectivity index (χ1n) is 3.41. The van der Waals surface area contributed by atoms with Crippen LogP contribution in [0.15, 0.2) is 11.0 Å². The van der Waals surface area contributed by atoms with E-state index in [9.17, 15) is 0 Å². The van der Waals surface area contributed by atoms with Gasteiger partial charge in [0.25, 0.3) is 0 Å². The van der Waals surface area contributed by atoms with Crippen LogP contribution in [0.1, 0.15) is 27.2 Å². The molecule has 60 valence electrons. The van der Waals surface area contributed by atoms with Crippen LogP contribution in [0.4, 0.5) is 0 Å². The van der Waals surface area contributed by atoms with E-state index < -0.39 is 0 Å². The van der Waals surface area contributed by atoms with Gasteiger partial charge >= 0.3 is 0 Å². The third kappa shape index (κ3) is 6.90. The van der Waals surface area contributed by atoms with Gasteiger partial charge in [-0.2, -0.15) is 0 Å². The molecule has 0 bridgehead atoms. The molecule has 3 heteroatoms. The summed E-state index contributed by atoms with van der Waals surface area (Å²) in [7, 11) is 5.58. The highest BCUT2D eigenvalue weighted by Gasteiger charge is 1.85. The van der Waals surface area contributed by atoms with Crippen LogP contribution in [-0.4, -0.2) is 5.75 Å². The molecule has 0 amide bonds. The number of allylic oxidation sites excluding steroid dienone is 1. The van der Waals surface area contributed by atoms with Gasteiger partial charge in [-0.1, -0.05) is 41.0 Å². The molecule has 0 aliphatic rings. The Hall–Kier alpha value is 0.790. The Morgan fingerprint density at radius 1 is 1.40 bits per heavy atom. The molecule has 0 saturated heterocycles. The number of rotatable bonds is 5. The minimum absolute atomic E-state index is 1.17. The van der Waals surface area contributed by atoms with E-state index in [1.807, 2.05) is 31.4 Å². The third-order valence-electron chi connectivity index (χ3n) is 1.01. The second-order valence-electron chi connectivity index (χ2n) is 1.89. The van der Waals surface area contributed by atoms with Crippen LogP contribution < -0.4 is 0 Å². The highest BCUT2D eigenvalue weighted by Crippen LogP contribution is 2.35. The standard InChI is InChI=1S/C7H14S3/c1-4-7(3)6-9-10-8-5-2/h6H,4-5H2,1-3H3. The minimum Gasteiger partial charge on any atom is -0.0825 e. The van der Waals surface area contributed by atoms with Gasteiger partial charge in [-0.25, -0.2) is 0 Å². The van der Waals surface area contributed by atoms with E-state index in [4.69, 9.17) is 0 Å². The number of hydrogen-bond acceptors (Lipinski definition) is 3. The molecule has 0 N–H and O–H groups in total. The molecule has 0 atom stereocenters. The van der Waals surface area contributed by atoms with Crippen LogP contribution in [0, 0.1) is 0 Å². The lowest BCUT2D eigenvalue weighted by atomic mass is 10.3. The Balaban J connectivity index is 3.16. The van der Waals surface area contributed by atoms with Crippen molar-refractivity contribution < 1.29 is 0 Å². The van der Waals surface area contributed by atoms with Crippen molar-refractivity contribution in [1.29, 1.82) is 0 Å². The second-order valence-corrected chi connectivity index (χ2v) is 6.18. The molecule has 0 spiro atoms. The normalized spacial score (nSPS) is 12.1. The molecular weight excluding hydrogens is 180 g/mol. The van der Waals surface area contributed by atoms with E-state index in [1.165, 1.54) is 17.7 Å². The van der Waals surface area contributed by atoms with Crippen LogP contribution in [0.2, 0.25) is 0 Å². The third-order valence-corrected chi connectivity index (χ3v) is 5.01. The lowest BCUT2D eigenvalue weighted by molar-refractivity contribution is 1.11. The molecule has 0 nitrogen and oxygen atoms in total. The molecule has 0 aliphatic carbocycles. The van der Waals surface area contributed by atoms with Gasteiger partial charge in [0.1, 0.15) is 0 Å². The van der Waals surface area contributed by atoms with Crippen LogP contribution in [0.3, 0.4) is 0 Å². The zero-order valence-electron chi connectivity index (χ0n) is 6.72. The van der Waals surface area contributed by atoms with E-state index in [2.05, 4.69) is 26.2 Å². The van der Waals surface area contributed by atoms with Gasteiger partial charge in [-0.15, -0.1) is 0 Å². The lowest BCUT2D eigenvalue weighted by Gasteiger charge is -1.93. The largest absolute Gasteiger partial charge is 0.0825 e. The fourth-order valence-electron chi connectivity index (χ4n) is 0.261. The van der Waals surface area contributed by atoms with Crippen LogP contribution in [0.25, 0.3) is 0 Å². The van der Waals surface area contributed by atoms with E-state index in [0.29, 0.717) is 0 Å². The SMILES string of the molecule is CCSSSC=C(C)CC. The lowest BCUT2D eigenvalue weighted by Crippen LogP contribution is -1.64. The molecule has 0 unspecified atom stereocenters. The van der Waals surface area contributed by atoms with Crippen molar-refractivity contribution in [2.45, 2.75) is 27.2 Å². The summed E-state index contributed by atoms with van der Waals surface area (Å²) in [6, 6.07) is 0. The van der Waals surface area contributed by atoms with Gasteiger partial charge < -0.3 is 0 Å². The first-order valence-corrected chi connectivity index (χ1v) is 7.13. The molecule has 0 saturated carbocycles. The van der Waals surface area contributed by atoms with Crippen molar-refractivity contribution in [1.82, 2.24) is 0 Å². The molecule has 0 aromatic heterocycles. The molecule has 0 aliphatic heterocycles. The van der Waals surface area contributed by atoms with Crippen LogP contribution in [0.5, 0.6) is 0 Å². The van der Waals surface area contributed by atoms with E-state index in [-0.39, 0.29) is 0 Å². The Bertz CT molecular complexity index is 99.0. The Morgan fingerprint density at radius 2 is 2.10 bits per heavy atom. The molecule has 0 radical (unpaired) electrons. The molecule has 0 rings (SSSR count). The van der Waals surface area contributed by atoms with Crippen molar-refractivity contribution in [2.75, 3.05) is 5.75 Å². The maximum Gasteiger partial charge on any atom is 0.00168 e. The van der Waals surface area contributed by atoms with Crippen LogP contribution in [-0.2, 0) is 0 Å². The average Bonchev–Trinajstić information content (AvgIpc) is 1.98. The second kappa shape index (κ2) is 7.89. The summed E-state index contributed by atoms with van der Waals surface area (Å²) in [5, 5.41) is 2.23. The fraction of sp³-hybridized carbons (Fsp3) is 0.714. The summed E-state index contributed by atoms with van der Waals surface area (Å²) < 4.78 is 0. The zero-order valence-corrected chi connectivity index (χ0v) is 9.17. The maximum absolute atomic E-state index is 2.23. The summed E-state index contributed by atoms with van der Waals surface area (Å²) in [5.74, 6) is 1.19. The van der Waals surface area contributed by atoms with Crippen LogP contribution >= 0.6 is 31.4 Å². The highest BCUT2D eigenvalue weighted by atomic mass is 33.5. The minimum atomic E-state index is 1.17. The highest BCUT2D eigenvalue weighted by molar-refractivity contribution is 9.09. The van der Waals surface area contributed by atoms with Gasteiger partial charge in [0.2, 0.25) is 0 Å². The molecule has 0 aromatic rings. The quantitative estimate of drug-likeness (QED) is 0.472. The van der Waals surface area contributed by atoms with Crippen molar-refractivity contribution in [3.05, 3.63) is 11.0 Å². The predicted molar refractivity (Wildman–Crippen MR) is 57.4 cm³/mol. The van der Waals surface area contributed by atoms with Crippen molar-refractivity contribution in [3.63, 3.8) is 0 Å². The van der Waals surface area contributed by atoms with Crippen molar-refractivity contribution in [2.24, 2.45) is 0 Å².